The summed E-state index contributed by atoms with van der Waals surface area (Å²) < 4.78 is 0. The monoisotopic (exact) mass is 226 g/mol. The SMILES string of the molecule is CCC(C)(C)C1(C)C=CC=c2ccccc2=C1. The molecule has 90 valence electrons. The zero-order valence-electron chi connectivity index (χ0n) is 11.3. The molecule has 2 rings (SSSR count). The molecule has 1 aliphatic rings. The summed E-state index contributed by atoms with van der Waals surface area (Å²) in [6.45, 7) is 9.31. The molecule has 1 unspecified atom stereocenters. The third kappa shape index (κ3) is 2.09. The highest BCUT2D eigenvalue weighted by Gasteiger charge is 2.35. The molecule has 0 aliphatic heterocycles. The summed E-state index contributed by atoms with van der Waals surface area (Å²) in [4.78, 5) is 0. The molecule has 0 spiro atoms. The molecule has 0 amide bonds. The maximum Gasteiger partial charge on any atom is 0.00959 e. The quantitative estimate of drug-likeness (QED) is 0.726. The van der Waals surface area contributed by atoms with Crippen LogP contribution in [0.25, 0.3) is 12.2 Å². The van der Waals surface area contributed by atoms with E-state index in [4.69, 9.17) is 0 Å². The maximum absolute atomic E-state index is 2.42. The lowest BCUT2D eigenvalue weighted by Crippen LogP contribution is -2.34. The molecule has 0 saturated carbocycles. The third-order valence-electron chi connectivity index (χ3n) is 4.51. The summed E-state index contributed by atoms with van der Waals surface area (Å²) in [5.74, 6) is 0. The topological polar surface area (TPSA) is 0 Å². The van der Waals surface area contributed by atoms with E-state index in [-0.39, 0.29) is 10.8 Å². The smallest absolute Gasteiger partial charge is 0.00959 e. The van der Waals surface area contributed by atoms with E-state index in [0.717, 1.165) is 0 Å². The first-order valence-corrected chi connectivity index (χ1v) is 6.46. The van der Waals surface area contributed by atoms with Crippen molar-refractivity contribution in [3.63, 3.8) is 0 Å². The van der Waals surface area contributed by atoms with Crippen molar-refractivity contribution in [2.75, 3.05) is 0 Å². The van der Waals surface area contributed by atoms with Crippen LogP contribution in [0, 0.1) is 10.8 Å². The summed E-state index contributed by atoms with van der Waals surface area (Å²) in [5, 5.41) is 2.67. The van der Waals surface area contributed by atoms with E-state index < -0.39 is 0 Å². The number of hydrogen-bond donors (Lipinski definition) is 0. The molecule has 1 aromatic rings. The highest BCUT2D eigenvalue weighted by Crippen LogP contribution is 2.44. The molecule has 0 saturated heterocycles. The Hall–Kier alpha value is -1.30. The van der Waals surface area contributed by atoms with Crippen LogP contribution >= 0.6 is 0 Å². The number of rotatable bonds is 2. The van der Waals surface area contributed by atoms with Gasteiger partial charge in [0.15, 0.2) is 0 Å². The normalized spacial score (nSPS) is 23.3. The minimum absolute atomic E-state index is 0.116. The van der Waals surface area contributed by atoms with Gasteiger partial charge in [-0.15, -0.1) is 0 Å². The molecule has 1 aliphatic carbocycles. The second-order valence-electron chi connectivity index (χ2n) is 5.82. The molecule has 0 heteroatoms. The number of benzene rings is 1. The maximum atomic E-state index is 2.42. The highest BCUT2D eigenvalue weighted by molar-refractivity contribution is 5.49. The Morgan fingerprint density at radius 1 is 1.12 bits per heavy atom. The zero-order valence-corrected chi connectivity index (χ0v) is 11.3. The van der Waals surface area contributed by atoms with Crippen LogP contribution in [0.3, 0.4) is 0 Å². The molecule has 0 fully saturated rings. The van der Waals surface area contributed by atoms with Gasteiger partial charge in [-0.2, -0.15) is 0 Å². The summed E-state index contributed by atoms with van der Waals surface area (Å²) in [7, 11) is 0. The van der Waals surface area contributed by atoms with Gasteiger partial charge in [0.05, 0.1) is 0 Å². The van der Waals surface area contributed by atoms with Crippen LogP contribution in [0.4, 0.5) is 0 Å². The minimum atomic E-state index is 0.116. The van der Waals surface area contributed by atoms with Gasteiger partial charge < -0.3 is 0 Å². The van der Waals surface area contributed by atoms with Crippen molar-refractivity contribution in [3.8, 4) is 0 Å². The van der Waals surface area contributed by atoms with Gasteiger partial charge in [-0.3, -0.25) is 0 Å². The van der Waals surface area contributed by atoms with Gasteiger partial charge in [-0.1, -0.05) is 76.3 Å². The predicted molar refractivity (Wildman–Crippen MR) is 75.9 cm³/mol. The molecule has 0 N–H and O–H groups in total. The Bertz CT molecular complexity index is 546. The summed E-state index contributed by atoms with van der Waals surface area (Å²) in [6.07, 6.45) is 10.4. The van der Waals surface area contributed by atoms with Crippen molar-refractivity contribution in [2.45, 2.75) is 34.1 Å². The van der Waals surface area contributed by atoms with Crippen LogP contribution < -0.4 is 10.4 Å². The highest BCUT2D eigenvalue weighted by atomic mass is 14.4. The Labute approximate surface area is 104 Å². The first-order chi connectivity index (χ1) is 7.98. The molecule has 0 radical (unpaired) electrons. The molecular formula is C17H22. The van der Waals surface area contributed by atoms with Crippen LogP contribution in [-0.4, -0.2) is 0 Å². The van der Waals surface area contributed by atoms with Crippen LogP contribution in [-0.2, 0) is 0 Å². The lowest BCUT2D eigenvalue weighted by molar-refractivity contribution is 0.206. The fraction of sp³-hybridized carbons (Fsp3) is 0.412. The van der Waals surface area contributed by atoms with Gasteiger partial charge >= 0.3 is 0 Å². The number of fused-ring (bicyclic) bond motifs is 1. The zero-order chi connectivity index (χ0) is 12.5. The van der Waals surface area contributed by atoms with Crippen molar-refractivity contribution in [1.29, 1.82) is 0 Å². The van der Waals surface area contributed by atoms with Crippen LogP contribution in [0.2, 0.25) is 0 Å². The van der Waals surface area contributed by atoms with Gasteiger partial charge in [0, 0.05) is 5.41 Å². The molecule has 17 heavy (non-hydrogen) atoms. The molecular weight excluding hydrogens is 204 g/mol. The number of hydrogen-bond acceptors (Lipinski definition) is 0. The second kappa shape index (κ2) is 4.18. The predicted octanol–water partition coefficient (Wildman–Crippen LogP) is 3.26. The summed E-state index contributed by atoms with van der Waals surface area (Å²) >= 11 is 0. The fourth-order valence-corrected chi connectivity index (χ4v) is 2.32. The van der Waals surface area contributed by atoms with Crippen molar-refractivity contribution >= 4 is 12.2 Å². The molecule has 1 aromatic carbocycles. The van der Waals surface area contributed by atoms with E-state index in [9.17, 15) is 0 Å². The van der Waals surface area contributed by atoms with Gasteiger partial charge in [0.25, 0.3) is 0 Å². The second-order valence-corrected chi connectivity index (χ2v) is 5.82. The molecule has 0 bridgehead atoms. The average Bonchev–Trinajstić information content (AvgIpc) is 2.48. The number of allylic oxidation sites excluding steroid dienone is 2. The first-order valence-electron chi connectivity index (χ1n) is 6.46. The Morgan fingerprint density at radius 2 is 1.76 bits per heavy atom. The average molecular weight is 226 g/mol. The Morgan fingerprint density at radius 3 is 2.41 bits per heavy atom. The molecule has 0 aromatic heterocycles. The van der Waals surface area contributed by atoms with E-state index in [1.807, 2.05) is 0 Å². The van der Waals surface area contributed by atoms with Crippen molar-refractivity contribution in [2.24, 2.45) is 10.8 Å². The van der Waals surface area contributed by atoms with Crippen LogP contribution in [0.15, 0.2) is 36.4 Å². The van der Waals surface area contributed by atoms with E-state index in [1.54, 1.807) is 0 Å². The lowest BCUT2D eigenvalue weighted by Gasteiger charge is -2.39. The molecule has 0 nitrogen and oxygen atoms in total. The van der Waals surface area contributed by atoms with E-state index >= 15 is 0 Å². The van der Waals surface area contributed by atoms with Gasteiger partial charge in [0.1, 0.15) is 0 Å². The van der Waals surface area contributed by atoms with Gasteiger partial charge in [-0.05, 0) is 22.3 Å². The van der Waals surface area contributed by atoms with Crippen molar-refractivity contribution in [3.05, 3.63) is 46.9 Å². The first kappa shape index (κ1) is 12.2. The summed E-state index contributed by atoms with van der Waals surface area (Å²) in [6, 6.07) is 8.61. The lowest BCUT2D eigenvalue weighted by atomic mass is 9.65. The molecule has 0 heterocycles. The summed E-state index contributed by atoms with van der Waals surface area (Å²) in [5.41, 5.74) is 0.389. The Balaban J connectivity index is 2.66. The van der Waals surface area contributed by atoms with Crippen LogP contribution in [0.1, 0.15) is 34.1 Å². The standard InChI is InChI=1S/C17H22/c1-5-16(2,3)17(4)12-8-11-14-9-6-7-10-15(14)13-17/h6-13H,5H2,1-4H3. The molecule has 1 atom stereocenters. The minimum Gasteiger partial charge on any atom is -0.0742 e. The van der Waals surface area contributed by atoms with E-state index in [2.05, 4.69) is 76.3 Å². The van der Waals surface area contributed by atoms with Crippen molar-refractivity contribution in [1.82, 2.24) is 0 Å². The fourth-order valence-electron chi connectivity index (χ4n) is 2.32. The largest absolute Gasteiger partial charge is 0.0742 e. The van der Waals surface area contributed by atoms with E-state index in [1.165, 1.54) is 16.9 Å². The Kier molecular flexibility index (Phi) is 2.99. The van der Waals surface area contributed by atoms with E-state index in [0.29, 0.717) is 0 Å². The van der Waals surface area contributed by atoms with Gasteiger partial charge in [0.2, 0.25) is 0 Å². The van der Waals surface area contributed by atoms with Crippen molar-refractivity contribution < 1.29 is 0 Å². The third-order valence-corrected chi connectivity index (χ3v) is 4.51. The van der Waals surface area contributed by atoms with Gasteiger partial charge in [-0.25, -0.2) is 0 Å². The van der Waals surface area contributed by atoms with Crippen LogP contribution in [0.5, 0.6) is 0 Å².